The number of esters is 1. The smallest absolute Gasteiger partial charge is 0.321 e. The Labute approximate surface area is 150 Å². The van der Waals surface area contributed by atoms with Crippen LogP contribution in [0.4, 0.5) is 10.5 Å². The van der Waals surface area contributed by atoms with Crippen LogP contribution in [0.25, 0.3) is 0 Å². The molecule has 1 aromatic carbocycles. The van der Waals surface area contributed by atoms with Crippen LogP contribution in [0.1, 0.15) is 51.7 Å². The van der Waals surface area contributed by atoms with Crippen molar-refractivity contribution in [2.75, 3.05) is 25.0 Å². The lowest BCUT2D eigenvalue weighted by Gasteiger charge is -2.32. The number of anilines is 1. The molecule has 1 heterocycles. The van der Waals surface area contributed by atoms with Crippen molar-refractivity contribution in [1.82, 2.24) is 4.90 Å². The summed E-state index contributed by atoms with van der Waals surface area (Å²) in [6, 6.07) is 6.01. The number of amides is 2. The van der Waals surface area contributed by atoms with Crippen molar-refractivity contribution in [2.45, 2.75) is 52.9 Å². The van der Waals surface area contributed by atoms with E-state index in [0.29, 0.717) is 32.5 Å². The molecule has 0 aliphatic carbocycles. The predicted molar refractivity (Wildman–Crippen MR) is 99.8 cm³/mol. The maximum absolute atomic E-state index is 12.7. The average molecular weight is 346 g/mol. The van der Waals surface area contributed by atoms with Gasteiger partial charge in [0, 0.05) is 18.8 Å². The summed E-state index contributed by atoms with van der Waals surface area (Å²) in [6.45, 7) is 11.8. The second-order valence-electron chi connectivity index (χ2n) is 7.69. The first-order valence-corrected chi connectivity index (χ1v) is 9.06. The molecule has 1 aromatic rings. The number of hydrogen-bond donors (Lipinski definition) is 1. The van der Waals surface area contributed by atoms with Crippen LogP contribution in [0, 0.1) is 12.8 Å². The van der Waals surface area contributed by atoms with Crippen LogP contribution < -0.4 is 5.32 Å². The summed E-state index contributed by atoms with van der Waals surface area (Å²) < 4.78 is 5.08. The van der Waals surface area contributed by atoms with Crippen LogP contribution in [-0.4, -0.2) is 36.6 Å². The van der Waals surface area contributed by atoms with Gasteiger partial charge in [0.2, 0.25) is 0 Å². The van der Waals surface area contributed by atoms with Gasteiger partial charge in [0.25, 0.3) is 0 Å². The summed E-state index contributed by atoms with van der Waals surface area (Å²) in [6.07, 6.45) is 1.32. The summed E-state index contributed by atoms with van der Waals surface area (Å²) >= 11 is 0. The number of benzene rings is 1. The van der Waals surface area contributed by atoms with Crippen LogP contribution in [0.15, 0.2) is 18.2 Å². The number of likely N-dealkylation sites (tertiary alicyclic amines) is 1. The zero-order valence-corrected chi connectivity index (χ0v) is 16.0. The second kappa shape index (κ2) is 7.89. The maximum Gasteiger partial charge on any atom is 0.321 e. The fourth-order valence-electron chi connectivity index (χ4n) is 3.22. The molecule has 138 valence electrons. The molecule has 1 aliphatic heterocycles. The lowest BCUT2D eigenvalue weighted by molar-refractivity contribution is -0.149. The van der Waals surface area contributed by atoms with Gasteiger partial charge in [0.05, 0.1) is 12.5 Å². The van der Waals surface area contributed by atoms with Crippen LogP contribution in [0.2, 0.25) is 0 Å². The van der Waals surface area contributed by atoms with Crippen molar-refractivity contribution in [3.8, 4) is 0 Å². The zero-order valence-electron chi connectivity index (χ0n) is 16.0. The summed E-state index contributed by atoms with van der Waals surface area (Å²) in [5, 5.41) is 3.10. The molecule has 1 saturated heterocycles. The van der Waals surface area contributed by atoms with Gasteiger partial charge in [-0.1, -0.05) is 39.0 Å². The van der Waals surface area contributed by atoms with E-state index in [4.69, 9.17) is 4.74 Å². The SMILES string of the molecule is CCOC(=O)C1CCN(C(=O)Nc2c(C)cccc2C(C)(C)C)CC1. The standard InChI is InChI=1S/C20H30N2O3/c1-6-25-18(23)15-10-12-22(13-11-15)19(24)21-17-14(2)8-7-9-16(17)20(3,4)5/h7-9,15H,6,10-13H2,1-5H3,(H,21,24). The highest BCUT2D eigenvalue weighted by molar-refractivity contribution is 5.91. The first-order valence-electron chi connectivity index (χ1n) is 9.06. The van der Waals surface area contributed by atoms with E-state index in [9.17, 15) is 9.59 Å². The Balaban J connectivity index is 2.04. The number of carbonyl (C=O) groups excluding carboxylic acids is 2. The Bertz CT molecular complexity index is 626. The van der Waals surface area contributed by atoms with E-state index in [1.165, 1.54) is 0 Å². The van der Waals surface area contributed by atoms with Crippen LogP contribution >= 0.6 is 0 Å². The number of nitrogens with one attached hydrogen (secondary N) is 1. The molecule has 5 nitrogen and oxygen atoms in total. The van der Waals surface area contributed by atoms with Crippen LogP contribution in [0.5, 0.6) is 0 Å². The minimum atomic E-state index is -0.142. The number of rotatable bonds is 3. The lowest BCUT2D eigenvalue weighted by Crippen LogP contribution is -2.43. The van der Waals surface area contributed by atoms with Gasteiger partial charge < -0.3 is 15.0 Å². The molecule has 2 amide bonds. The Morgan fingerprint density at radius 1 is 1.24 bits per heavy atom. The third-order valence-corrected chi connectivity index (χ3v) is 4.71. The number of aryl methyl sites for hydroxylation is 1. The van der Waals surface area contributed by atoms with E-state index >= 15 is 0 Å². The molecular formula is C20H30N2O3. The lowest BCUT2D eigenvalue weighted by atomic mass is 9.84. The molecule has 0 atom stereocenters. The molecule has 1 fully saturated rings. The predicted octanol–water partition coefficient (Wildman–Crippen LogP) is 4.10. The summed E-state index contributed by atoms with van der Waals surface area (Å²) in [4.78, 5) is 26.3. The number of urea groups is 1. The quantitative estimate of drug-likeness (QED) is 0.838. The van der Waals surface area contributed by atoms with Crippen LogP contribution in [-0.2, 0) is 14.9 Å². The van der Waals surface area contributed by atoms with Gasteiger partial charge in [-0.3, -0.25) is 4.79 Å². The van der Waals surface area contributed by atoms with Gasteiger partial charge in [0.15, 0.2) is 0 Å². The normalized spacial score (nSPS) is 15.8. The highest BCUT2D eigenvalue weighted by Crippen LogP contribution is 2.32. The number of ether oxygens (including phenoxy) is 1. The largest absolute Gasteiger partial charge is 0.466 e. The van der Waals surface area contributed by atoms with Crippen molar-refractivity contribution >= 4 is 17.7 Å². The fraction of sp³-hybridized carbons (Fsp3) is 0.600. The summed E-state index contributed by atoms with van der Waals surface area (Å²) in [5.41, 5.74) is 3.03. The number of carbonyl (C=O) groups is 2. The van der Waals surface area contributed by atoms with E-state index in [1.807, 2.05) is 26.0 Å². The fourth-order valence-corrected chi connectivity index (χ4v) is 3.22. The molecule has 1 N–H and O–H groups in total. The molecule has 0 radical (unpaired) electrons. The van der Waals surface area contributed by atoms with Gasteiger partial charge >= 0.3 is 12.0 Å². The molecule has 2 rings (SSSR count). The maximum atomic E-state index is 12.7. The molecule has 1 aliphatic rings. The van der Waals surface area contributed by atoms with E-state index in [0.717, 1.165) is 16.8 Å². The van der Waals surface area contributed by atoms with Gasteiger partial charge in [-0.2, -0.15) is 0 Å². The minimum absolute atomic E-state index is 0.0501. The number of nitrogens with zero attached hydrogens (tertiary/aromatic N) is 1. The van der Waals surface area contributed by atoms with E-state index in [2.05, 4.69) is 32.2 Å². The highest BCUT2D eigenvalue weighted by atomic mass is 16.5. The molecule has 25 heavy (non-hydrogen) atoms. The summed E-state index contributed by atoms with van der Waals surface area (Å²) in [7, 11) is 0. The Kier molecular flexibility index (Phi) is 6.09. The molecular weight excluding hydrogens is 316 g/mol. The zero-order chi connectivity index (χ0) is 18.6. The molecule has 0 bridgehead atoms. The van der Waals surface area contributed by atoms with Gasteiger partial charge in [-0.15, -0.1) is 0 Å². The minimum Gasteiger partial charge on any atom is -0.466 e. The van der Waals surface area contributed by atoms with Crippen molar-refractivity contribution in [3.63, 3.8) is 0 Å². The Morgan fingerprint density at radius 2 is 1.88 bits per heavy atom. The molecule has 0 spiro atoms. The van der Waals surface area contributed by atoms with Crippen molar-refractivity contribution < 1.29 is 14.3 Å². The molecule has 5 heteroatoms. The van der Waals surface area contributed by atoms with E-state index < -0.39 is 0 Å². The van der Waals surface area contributed by atoms with Gasteiger partial charge in [0.1, 0.15) is 0 Å². The van der Waals surface area contributed by atoms with Gasteiger partial charge in [-0.25, -0.2) is 4.79 Å². The molecule has 0 aromatic heterocycles. The highest BCUT2D eigenvalue weighted by Gasteiger charge is 2.29. The molecule has 0 unspecified atom stereocenters. The summed E-state index contributed by atoms with van der Waals surface area (Å²) in [5.74, 6) is -0.232. The Morgan fingerprint density at radius 3 is 2.44 bits per heavy atom. The second-order valence-corrected chi connectivity index (χ2v) is 7.69. The topological polar surface area (TPSA) is 58.6 Å². The van der Waals surface area contributed by atoms with Gasteiger partial charge in [-0.05, 0) is 43.2 Å². The van der Waals surface area contributed by atoms with E-state index in [1.54, 1.807) is 4.90 Å². The third-order valence-electron chi connectivity index (χ3n) is 4.71. The van der Waals surface area contributed by atoms with Crippen molar-refractivity contribution in [3.05, 3.63) is 29.3 Å². The number of hydrogen-bond acceptors (Lipinski definition) is 3. The van der Waals surface area contributed by atoms with Crippen molar-refractivity contribution in [2.24, 2.45) is 5.92 Å². The average Bonchev–Trinajstić information content (AvgIpc) is 2.56. The first-order chi connectivity index (χ1) is 11.7. The molecule has 0 saturated carbocycles. The first kappa shape index (κ1) is 19.3. The third kappa shape index (κ3) is 4.74. The number of para-hydroxylation sites is 1. The Hall–Kier alpha value is -2.04. The number of piperidine rings is 1. The van der Waals surface area contributed by atoms with Crippen LogP contribution in [0.3, 0.4) is 0 Å². The van der Waals surface area contributed by atoms with Crippen molar-refractivity contribution in [1.29, 1.82) is 0 Å². The monoisotopic (exact) mass is 346 g/mol. The van der Waals surface area contributed by atoms with E-state index in [-0.39, 0.29) is 23.3 Å².